The van der Waals surface area contributed by atoms with Crippen LogP contribution < -0.4 is 10.6 Å². The number of benzene rings is 1. The van der Waals surface area contributed by atoms with Gasteiger partial charge in [-0.1, -0.05) is 30.3 Å². The van der Waals surface area contributed by atoms with Gasteiger partial charge in [0.05, 0.1) is 0 Å². The number of amides is 2. The highest BCUT2D eigenvalue weighted by Crippen LogP contribution is 2.00. The van der Waals surface area contributed by atoms with Crippen LogP contribution in [0.5, 0.6) is 0 Å². The largest absolute Gasteiger partial charge is 0.480 e. The Labute approximate surface area is 122 Å². The number of alkyl carbamates (subject to hydrolysis) is 1. The van der Waals surface area contributed by atoms with E-state index >= 15 is 0 Å². The van der Waals surface area contributed by atoms with Crippen molar-refractivity contribution < 1.29 is 24.2 Å². The lowest BCUT2D eigenvalue weighted by molar-refractivity contribution is -0.137. The Morgan fingerprint density at radius 1 is 1.10 bits per heavy atom. The molecule has 1 rings (SSSR count). The van der Waals surface area contributed by atoms with E-state index in [-0.39, 0.29) is 25.5 Å². The number of nitrogens with one attached hydrogen (secondary N) is 2. The van der Waals surface area contributed by atoms with Gasteiger partial charge in [-0.3, -0.25) is 9.59 Å². The molecule has 0 fully saturated rings. The summed E-state index contributed by atoms with van der Waals surface area (Å²) in [6, 6.07) is 9.28. The van der Waals surface area contributed by atoms with Crippen molar-refractivity contribution in [3.63, 3.8) is 0 Å². The second-order valence-electron chi connectivity index (χ2n) is 4.26. The first-order valence-electron chi connectivity index (χ1n) is 6.51. The maximum atomic E-state index is 11.4. The first kappa shape index (κ1) is 16.5. The van der Waals surface area contributed by atoms with Gasteiger partial charge in [0.2, 0.25) is 5.91 Å². The Bertz CT molecular complexity index is 476. The van der Waals surface area contributed by atoms with Gasteiger partial charge in [0, 0.05) is 13.0 Å². The van der Waals surface area contributed by atoms with Gasteiger partial charge in [-0.15, -0.1) is 0 Å². The average Bonchev–Trinajstić information content (AvgIpc) is 2.48. The van der Waals surface area contributed by atoms with Crippen LogP contribution in [0.25, 0.3) is 0 Å². The molecule has 2 amide bonds. The van der Waals surface area contributed by atoms with Crippen molar-refractivity contribution >= 4 is 18.0 Å². The van der Waals surface area contributed by atoms with E-state index in [1.165, 1.54) is 0 Å². The lowest BCUT2D eigenvalue weighted by atomic mass is 10.2. The van der Waals surface area contributed by atoms with Crippen molar-refractivity contribution in [1.82, 2.24) is 10.6 Å². The third kappa shape index (κ3) is 8.25. The number of carbonyl (C=O) groups is 3. The molecule has 0 aromatic heterocycles. The summed E-state index contributed by atoms with van der Waals surface area (Å²) in [5, 5.41) is 13.1. The third-order valence-corrected chi connectivity index (χ3v) is 2.50. The molecule has 0 unspecified atom stereocenters. The summed E-state index contributed by atoms with van der Waals surface area (Å²) in [4.78, 5) is 32.8. The van der Waals surface area contributed by atoms with Gasteiger partial charge in [0.1, 0.15) is 13.2 Å². The van der Waals surface area contributed by atoms with E-state index in [0.717, 1.165) is 5.56 Å². The highest BCUT2D eigenvalue weighted by Gasteiger charge is 2.05. The molecule has 0 spiro atoms. The predicted octanol–water partition coefficient (Wildman–Crippen LogP) is 0.894. The second kappa shape index (κ2) is 9.35. The summed E-state index contributed by atoms with van der Waals surface area (Å²) in [6.45, 7) is 0.0747. The number of aliphatic carboxylic acids is 1. The monoisotopic (exact) mass is 294 g/mol. The minimum Gasteiger partial charge on any atom is -0.480 e. The summed E-state index contributed by atoms with van der Waals surface area (Å²) in [7, 11) is 0. The molecule has 1 aromatic rings. The fraction of sp³-hybridized carbons (Fsp3) is 0.357. The van der Waals surface area contributed by atoms with E-state index in [1.807, 2.05) is 30.3 Å². The molecule has 3 N–H and O–H groups in total. The van der Waals surface area contributed by atoms with Gasteiger partial charge in [0.15, 0.2) is 0 Å². The van der Waals surface area contributed by atoms with Gasteiger partial charge >= 0.3 is 12.1 Å². The normalized spacial score (nSPS) is 9.71. The van der Waals surface area contributed by atoms with E-state index < -0.39 is 18.6 Å². The Balaban J connectivity index is 2.05. The smallest absolute Gasteiger partial charge is 0.407 e. The van der Waals surface area contributed by atoms with E-state index in [0.29, 0.717) is 6.42 Å². The maximum absolute atomic E-state index is 11.4. The fourth-order valence-corrected chi connectivity index (χ4v) is 1.48. The first-order chi connectivity index (χ1) is 10.1. The highest BCUT2D eigenvalue weighted by atomic mass is 16.5. The number of carbonyl (C=O) groups excluding carboxylic acids is 2. The molecule has 7 heteroatoms. The number of hydrogen-bond acceptors (Lipinski definition) is 4. The van der Waals surface area contributed by atoms with Crippen molar-refractivity contribution in [2.75, 3.05) is 13.1 Å². The number of hydrogen-bond donors (Lipinski definition) is 3. The van der Waals surface area contributed by atoms with Gasteiger partial charge in [0.25, 0.3) is 0 Å². The maximum Gasteiger partial charge on any atom is 0.407 e. The van der Waals surface area contributed by atoms with Crippen LogP contribution in [0.2, 0.25) is 0 Å². The Hall–Kier alpha value is -2.57. The van der Waals surface area contributed by atoms with Crippen molar-refractivity contribution in [3.05, 3.63) is 35.9 Å². The molecule has 21 heavy (non-hydrogen) atoms. The van der Waals surface area contributed by atoms with E-state index in [2.05, 4.69) is 10.6 Å². The molecule has 0 radical (unpaired) electrons. The zero-order valence-corrected chi connectivity index (χ0v) is 11.5. The molecular formula is C14H18N2O5. The lowest BCUT2D eigenvalue weighted by Gasteiger charge is -2.07. The molecule has 0 atom stereocenters. The zero-order valence-electron chi connectivity index (χ0n) is 11.5. The highest BCUT2D eigenvalue weighted by molar-refractivity contribution is 5.81. The SMILES string of the molecule is O=C(O)CNC(=O)CCCNC(=O)OCc1ccccc1. The van der Waals surface area contributed by atoms with Crippen molar-refractivity contribution in [3.8, 4) is 0 Å². The first-order valence-corrected chi connectivity index (χ1v) is 6.51. The third-order valence-electron chi connectivity index (χ3n) is 2.50. The van der Waals surface area contributed by atoms with Gasteiger partial charge in [-0.2, -0.15) is 0 Å². The van der Waals surface area contributed by atoms with Crippen LogP contribution in [-0.4, -0.2) is 36.2 Å². The zero-order chi connectivity index (χ0) is 15.5. The van der Waals surface area contributed by atoms with E-state index in [1.54, 1.807) is 0 Å². The van der Waals surface area contributed by atoms with Crippen LogP contribution in [0.3, 0.4) is 0 Å². The number of carboxylic acids is 1. The van der Waals surface area contributed by atoms with E-state index in [9.17, 15) is 14.4 Å². The van der Waals surface area contributed by atoms with Gasteiger partial charge in [-0.25, -0.2) is 4.79 Å². The molecule has 114 valence electrons. The van der Waals surface area contributed by atoms with Crippen LogP contribution in [0.15, 0.2) is 30.3 Å². The molecule has 0 saturated heterocycles. The fourth-order valence-electron chi connectivity index (χ4n) is 1.48. The minimum atomic E-state index is -1.09. The molecule has 0 heterocycles. The van der Waals surface area contributed by atoms with E-state index in [4.69, 9.17) is 9.84 Å². The molecule has 0 aliphatic heterocycles. The van der Waals surface area contributed by atoms with Crippen molar-refractivity contribution in [2.45, 2.75) is 19.4 Å². The summed E-state index contributed by atoms with van der Waals surface area (Å²) in [5.74, 6) is -1.46. The topological polar surface area (TPSA) is 105 Å². The Kier molecular flexibility index (Phi) is 7.34. The second-order valence-corrected chi connectivity index (χ2v) is 4.26. The van der Waals surface area contributed by atoms with Crippen LogP contribution in [0.4, 0.5) is 4.79 Å². The van der Waals surface area contributed by atoms with Crippen LogP contribution in [-0.2, 0) is 20.9 Å². The van der Waals surface area contributed by atoms with Crippen LogP contribution in [0.1, 0.15) is 18.4 Å². The molecule has 0 aliphatic carbocycles. The van der Waals surface area contributed by atoms with Crippen molar-refractivity contribution in [2.24, 2.45) is 0 Å². The number of rotatable bonds is 8. The molecular weight excluding hydrogens is 276 g/mol. The lowest BCUT2D eigenvalue weighted by Crippen LogP contribution is -2.30. The predicted molar refractivity (Wildman–Crippen MR) is 74.5 cm³/mol. The molecule has 7 nitrogen and oxygen atoms in total. The summed E-state index contributed by atoms with van der Waals surface area (Å²) >= 11 is 0. The quantitative estimate of drug-likeness (QED) is 0.618. The van der Waals surface area contributed by atoms with Crippen LogP contribution >= 0.6 is 0 Å². The Morgan fingerprint density at radius 2 is 1.81 bits per heavy atom. The summed E-state index contributed by atoms with van der Waals surface area (Å²) in [6.07, 6.45) is 0.00259. The summed E-state index contributed by atoms with van der Waals surface area (Å²) in [5.41, 5.74) is 0.890. The molecule has 0 saturated carbocycles. The standard InChI is InChI=1S/C14H18N2O5/c17-12(16-9-13(18)19)7-4-8-15-14(20)21-10-11-5-2-1-3-6-11/h1-3,5-6H,4,7-10H2,(H,15,20)(H,16,17)(H,18,19). The molecule has 1 aromatic carbocycles. The van der Waals surface area contributed by atoms with Gasteiger partial charge in [-0.05, 0) is 12.0 Å². The van der Waals surface area contributed by atoms with Gasteiger partial charge < -0.3 is 20.5 Å². The molecule has 0 bridgehead atoms. The molecule has 0 aliphatic rings. The number of ether oxygens (including phenoxy) is 1. The number of carboxylic acid groups (broad SMARTS) is 1. The summed E-state index contributed by atoms with van der Waals surface area (Å²) < 4.78 is 4.99. The average molecular weight is 294 g/mol. The minimum absolute atomic E-state index is 0.145. The van der Waals surface area contributed by atoms with Crippen LogP contribution in [0, 0.1) is 0 Å². The Morgan fingerprint density at radius 3 is 2.48 bits per heavy atom. The van der Waals surface area contributed by atoms with Crippen molar-refractivity contribution in [1.29, 1.82) is 0 Å².